The Balaban J connectivity index is 0.00000320. The van der Waals surface area contributed by atoms with Gasteiger partial charge < -0.3 is 24.4 Å². The van der Waals surface area contributed by atoms with E-state index in [1.807, 2.05) is 31.5 Å². The second kappa shape index (κ2) is 13.1. The largest absolute Gasteiger partial charge is 0.467 e. The summed E-state index contributed by atoms with van der Waals surface area (Å²) in [5.41, 5.74) is 2.46. The number of aliphatic imine (C=N–C) groups is 1. The zero-order valence-electron chi connectivity index (χ0n) is 17.5. The van der Waals surface area contributed by atoms with Gasteiger partial charge in [-0.3, -0.25) is 4.99 Å². The van der Waals surface area contributed by atoms with Crippen LogP contribution in [0.1, 0.15) is 29.1 Å². The molecule has 3 aromatic rings. The van der Waals surface area contributed by atoms with Crippen LogP contribution in [0.25, 0.3) is 0 Å². The van der Waals surface area contributed by atoms with Gasteiger partial charge in [0.2, 0.25) is 0 Å². The van der Waals surface area contributed by atoms with Crippen LogP contribution in [0.15, 0.2) is 64.5 Å². The van der Waals surface area contributed by atoms with Crippen molar-refractivity contribution in [3.63, 3.8) is 0 Å². The van der Waals surface area contributed by atoms with Gasteiger partial charge in [0.15, 0.2) is 5.96 Å². The highest BCUT2D eigenvalue weighted by Crippen LogP contribution is 2.09. The van der Waals surface area contributed by atoms with E-state index >= 15 is 0 Å². The molecule has 0 unspecified atom stereocenters. The van der Waals surface area contributed by atoms with E-state index in [0.29, 0.717) is 19.8 Å². The van der Waals surface area contributed by atoms with Gasteiger partial charge in [-0.05, 0) is 36.6 Å². The fourth-order valence-electron chi connectivity index (χ4n) is 2.96. The minimum atomic E-state index is 0. The van der Waals surface area contributed by atoms with Crippen molar-refractivity contribution in [1.29, 1.82) is 0 Å². The van der Waals surface area contributed by atoms with Crippen molar-refractivity contribution in [1.82, 2.24) is 20.2 Å². The van der Waals surface area contributed by atoms with Crippen molar-refractivity contribution in [3.8, 4) is 0 Å². The fraction of sp³-hybridized carbons (Fsp3) is 0.364. The molecule has 8 heteroatoms. The molecule has 0 fully saturated rings. The van der Waals surface area contributed by atoms with Gasteiger partial charge in [0.05, 0.1) is 6.26 Å². The number of guanidine groups is 1. The molecular weight excluding hydrogens is 493 g/mol. The first kappa shape index (κ1) is 23.9. The van der Waals surface area contributed by atoms with Gasteiger partial charge in [-0.1, -0.05) is 24.3 Å². The first-order chi connectivity index (χ1) is 14.2. The Bertz CT molecular complexity index is 893. The molecule has 2 aromatic heterocycles. The quantitative estimate of drug-likeness (QED) is 0.183. The first-order valence-corrected chi connectivity index (χ1v) is 9.85. The van der Waals surface area contributed by atoms with Crippen LogP contribution < -0.4 is 10.6 Å². The number of furan rings is 1. The van der Waals surface area contributed by atoms with Crippen LogP contribution >= 0.6 is 24.0 Å². The number of ether oxygens (including phenoxy) is 1. The highest BCUT2D eigenvalue weighted by atomic mass is 127. The zero-order chi connectivity index (χ0) is 20.3. The average molecular weight is 523 g/mol. The molecule has 0 aliphatic heterocycles. The zero-order valence-corrected chi connectivity index (χ0v) is 19.8. The maximum absolute atomic E-state index is 5.59. The summed E-state index contributed by atoms with van der Waals surface area (Å²) in [5.74, 6) is 2.65. The van der Waals surface area contributed by atoms with Gasteiger partial charge in [0.25, 0.3) is 0 Å². The summed E-state index contributed by atoms with van der Waals surface area (Å²) >= 11 is 0. The standard InChI is InChI=1S/C22H29N5O2.HI/c1-18-24-10-11-27(18)16-20-7-3-6-19(14-20)15-26-22(23-2)25-9-5-12-28-17-21-8-4-13-29-21;/h3-4,6-8,10-11,13-14H,5,9,12,15-17H2,1-2H3,(H2,23,25,26);1H. The molecule has 1 aromatic carbocycles. The van der Waals surface area contributed by atoms with Crippen LogP contribution in [-0.2, 0) is 24.4 Å². The lowest BCUT2D eigenvalue weighted by molar-refractivity contribution is 0.105. The Labute approximate surface area is 195 Å². The summed E-state index contributed by atoms with van der Waals surface area (Å²) in [7, 11) is 1.78. The minimum Gasteiger partial charge on any atom is -0.467 e. The number of rotatable bonds is 10. The van der Waals surface area contributed by atoms with Gasteiger partial charge in [-0.15, -0.1) is 24.0 Å². The van der Waals surface area contributed by atoms with Gasteiger partial charge in [-0.25, -0.2) is 4.98 Å². The third kappa shape index (κ3) is 7.83. The Morgan fingerprint density at radius 1 is 1.20 bits per heavy atom. The molecule has 0 radical (unpaired) electrons. The van der Waals surface area contributed by atoms with E-state index in [0.717, 1.165) is 37.1 Å². The monoisotopic (exact) mass is 523 g/mol. The molecule has 0 amide bonds. The highest BCUT2D eigenvalue weighted by Gasteiger charge is 2.02. The van der Waals surface area contributed by atoms with E-state index in [1.54, 1.807) is 13.3 Å². The summed E-state index contributed by atoms with van der Waals surface area (Å²) in [4.78, 5) is 8.56. The molecule has 0 aliphatic carbocycles. The van der Waals surface area contributed by atoms with Crippen molar-refractivity contribution in [2.75, 3.05) is 20.2 Å². The van der Waals surface area contributed by atoms with Crippen molar-refractivity contribution >= 4 is 29.9 Å². The second-order valence-corrected chi connectivity index (χ2v) is 6.76. The molecule has 0 bridgehead atoms. The molecule has 0 saturated carbocycles. The number of benzene rings is 1. The number of aryl methyl sites for hydroxylation is 1. The van der Waals surface area contributed by atoms with Gasteiger partial charge in [-0.2, -0.15) is 0 Å². The number of halogens is 1. The Kier molecular flexibility index (Phi) is 10.4. The van der Waals surface area contributed by atoms with E-state index in [2.05, 4.69) is 49.4 Å². The number of nitrogens with zero attached hydrogens (tertiary/aromatic N) is 3. The number of nitrogens with one attached hydrogen (secondary N) is 2. The fourth-order valence-corrected chi connectivity index (χ4v) is 2.96. The van der Waals surface area contributed by atoms with Crippen LogP contribution in [0.2, 0.25) is 0 Å². The molecular formula is C22H30IN5O2. The van der Waals surface area contributed by atoms with Crippen LogP contribution in [0.4, 0.5) is 0 Å². The molecule has 0 aliphatic rings. The minimum absolute atomic E-state index is 0. The second-order valence-electron chi connectivity index (χ2n) is 6.76. The lowest BCUT2D eigenvalue weighted by Gasteiger charge is -2.13. The summed E-state index contributed by atoms with van der Waals surface area (Å²) in [6.07, 6.45) is 6.38. The molecule has 0 saturated heterocycles. The lowest BCUT2D eigenvalue weighted by Crippen LogP contribution is -2.37. The average Bonchev–Trinajstić information content (AvgIpc) is 3.39. The Hall–Kier alpha value is -2.33. The van der Waals surface area contributed by atoms with Crippen LogP contribution in [0.5, 0.6) is 0 Å². The number of hydrogen-bond donors (Lipinski definition) is 2. The third-order valence-electron chi connectivity index (χ3n) is 4.53. The smallest absolute Gasteiger partial charge is 0.191 e. The van der Waals surface area contributed by atoms with Crippen molar-refractivity contribution in [2.24, 2.45) is 4.99 Å². The van der Waals surface area contributed by atoms with Crippen molar-refractivity contribution < 1.29 is 9.15 Å². The maximum Gasteiger partial charge on any atom is 0.191 e. The maximum atomic E-state index is 5.59. The van der Waals surface area contributed by atoms with Crippen LogP contribution in [-0.4, -0.2) is 35.7 Å². The number of hydrogen-bond acceptors (Lipinski definition) is 4. The normalized spacial score (nSPS) is 11.2. The van der Waals surface area contributed by atoms with E-state index < -0.39 is 0 Å². The van der Waals surface area contributed by atoms with Crippen LogP contribution in [0.3, 0.4) is 0 Å². The number of aromatic nitrogens is 2. The summed E-state index contributed by atoms with van der Waals surface area (Å²) in [6, 6.07) is 12.3. The topological polar surface area (TPSA) is 76.6 Å². The van der Waals surface area contributed by atoms with Gasteiger partial charge in [0, 0.05) is 45.7 Å². The van der Waals surface area contributed by atoms with Gasteiger partial charge in [0.1, 0.15) is 18.2 Å². The van der Waals surface area contributed by atoms with Crippen molar-refractivity contribution in [3.05, 3.63) is 77.8 Å². The first-order valence-electron chi connectivity index (χ1n) is 9.85. The molecule has 2 heterocycles. The Morgan fingerprint density at radius 2 is 2.07 bits per heavy atom. The van der Waals surface area contributed by atoms with Gasteiger partial charge >= 0.3 is 0 Å². The van der Waals surface area contributed by atoms with Crippen molar-refractivity contribution in [2.45, 2.75) is 33.0 Å². The molecule has 0 atom stereocenters. The Morgan fingerprint density at radius 3 is 2.80 bits per heavy atom. The summed E-state index contributed by atoms with van der Waals surface area (Å²) in [5, 5.41) is 6.68. The predicted molar refractivity (Wildman–Crippen MR) is 129 cm³/mol. The molecule has 7 nitrogen and oxygen atoms in total. The summed E-state index contributed by atoms with van der Waals surface area (Å²) < 4.78 is 13.0. The molecule has 3 rings (SSSR count). The summed E-state index contributed by atoms with van der Waals surface area (Å²) in [6.45, 7) is 5.52. The highest BCUT2D eigenvalue weighted by molar-refractivity contribution is 14.0. The van der Waals surface area contributed by atoms with E-state index in [9.17, 15) is 0 Å². The lowest BCUT2D eigenvalue weighted by atomic mass is 10.1. The van der Waals surface area contributed by atoms with Crippen LogP contribution in [0, 0.1) is 6.92 Å². The molecule has 0 spiro atoms. The molecule has 30 heavy (non-hydrogen) atoms. The molecule has 162 valence electrons. The third-order valence-corrected chi connectivity index (χ3v) is 4.53. The van der Waals surface area contributed by atoms with E-state index in [-0.39, 0.29) is 24.0 Å². The predicted octanol–water partition coefficient (Wildman–Crippen LogP) is 3.72. The SMILES string of the molecule is CN=C(NCCCOCc1ccco1)NCc1cccc(Cn2ccnc2C)c1.I. The van der Waals surface area contributed by atoms with E-state index in [4.69, 9.17) is 9.15 Å². The van der Waals surface area contributed by atoms with E-state index in [1.165, 1.54) is 11.1 Å². The number of imidazole rings is 1. The molecule has 2 N–H and O–H groups in total.